The molecule has 3 N–H and O–H groups in total. The van der Waals surface area contributed by atoms with Gasteiger partial charge in [-0.15, -0.1) is 0 Å². The Morgan fingerprint density at radius 1 is 1.29 bits per heavy atom. The van der Waals surface area contributed by atoms with Gasteiger partial charge in [0.15, 0.2) is 17.1 Å². The van der Waals surface area contributed by atoms with Crippen LogP contribution in [0, 0.1) is 11.8 Å². The Balaban J connectivity index is 1.65. The molecule has 0 saturated heterocycles. The number of aromatic nitrogens is 3. The molecule has 0 spiro atoms. The van der Waals surface area contributed by atoms with Crippen molar-refractivity contribution in [3.63, 3.8) is 0 Å². The Bertz CT molecular complexity index is 1230. The van der Waals surface area contributed by atoms with E-state index >= 15 is 0 Å². The number of aromatic carboxylic acids is 1. The maximum Gasteiger partial charge on any atom is 0.339 e. The summed E-state index contributed by atoms with van der Waals surface area (Å²) in [6, 6.07) is 5.64. The zero-order valence-corrected chi connectivity index (χ0v) is 20.9. The highest BCUT2D eigenvalue weighted by Crippen LogP contribution is 2.44. The second kappa shape index (κ2) is 9.73. The van der Waals surface area contributed by atoms with Crippen LogP contribution in [-0.4, -0.2) is 56.6 Å². The Morgan fingerprint density at radius 2 is 2.03 bits per heavy atom. The number of nitrogens with zero attached hydrogens (tertiary/aromatic N) is 3. The molecule has 3 aromatic rings. The number of carbonyl (C=O) groups is 1. The summed E-state index contributed by atoms with van der Waals surface area (Å²) in [5.41, 5.74) is 1.93. The minimum atomic E-state index is -1.06. The molecular weight excluding hydrogens is 448 g/mol. The van der Waals surface area contributed by atoms with Gasteiger partial charge in [0, 0.05) is 12.2 Å². The first-order chi connectivity index (χ1) is 16.7. The molecule has 0 aliphatic heterocycles. The van der Waals surface area contributed by atoms with E-state index in [9.17, 15) is 15.0 Å². The van der Waals surface area contributed by atoms with Crippen LogP contribution in [0.2, 0.25) is 0 Å². The molecule has 1 aliphatic rings. The Kier molecular flexibility index (Phi) is 6.89. The van der Waals surface area contributed by atoms with Gasteiger partial charge in [-0.2, -0.15) is 0 Å². The average Bonchev–Trinajstić information content (AvgIpc) is 3.39. The van der Waals surface area contributed by atoms with Crippen LogP contribution in [0.15, 0.2) is 30.7 Å². The van der Waals surface area contributed by atoms with Gasteiger partial charge in [-0.3, -0.25) is 0 Å². The number of aliphatic hydroxyl groups is 1. The SMILES string of the molecule is CCC1(O)C[C@@H]([C@H](C)Nc2c(C(=O)O)cnc3c2ncn3Cc2ccc(OC)c(OC)c2)C[C@@H]1C. The molecule has 0 amide bonds. The van der Waals surface area contributed by atoms with Gasteiger partial charge in [0.05, 0.1) is 38.4 Å². The van der Waals surface area contributed by atoms with Gasteiger partial charge in [-0.1, -0.05) is 19.9 Å². The number of hydrogen-bond acceptors (Lipinski definition) is 7. The first-order valence-electron chi connectivity index (χ1n) is 12.0. The predicted octanol–water partition coefficient (Wildman–Crippen LogP) is 4.18. The van der Waals surface area contributed by atoms with Crippen LogP contribution in [0.1, 0.15) is 56.0 Å². The molecule has 0 bridgehead atoms. The normalized spacial score (nSPS) is 22.8. The summed E-state index contributed by atoms with van der Waals surface area (Å²) in [5, 5.41) is 24.2. The van der Waals surface area contributed by atoms with Gasteiger partial charge >= 0.3 is 5.97 Å². The van der Waals surface area contributed by atoms with E-state index in [0.717, 1.165) is 12.0 Å². The Morgan fingerprint density at radius 3 is 2.66 bits per heavy atom. The Labute approximate surface area is 205 Å². The second-order valence-corrected chi connectivity index (χ2v) is 9.58. The number of rotatable bonds is 9. The molecule has 35 heavy (non-hydrogen) atoms. The molecule has 1 saturated carbocycles. The highest BCUT2D eigenvalue weighted by atomic mass is 16.5. The molecule has 2 heterocycles. The zero-order chi connectivity index (χ0) is 25.3. The van der Waals surface area contributed by atoms with E-state index in [1.54, 1.807) is 20.5 Å². The van der Waals surface area contributed by atoms with Gasteiger partial charge < -0.3 is 29.6 Å². The van der Waals surface area contributed by atoms with E-state index in [2.05, 4.69) is 22.2 Å². The highest BCUT2D eigenvalue weighted by molar-refractivity contribution is 6.02. The highest BCUT2D eigenvalue weighted by Gasteiger charge is 2.44. The number of benzene rings is 1. The van der Waals surface area contributed by atoms with Crippen molar-refractivity contribution in [3.05, 3.63) is 41.9 Å². The molecule has 1 fully saturated rings. The zero-order valence-electron chi connectivity index (χ0n) is 20.9. The molecule has 4 atom stereocenters. The number of carboxylic acids is 1. The van der Waals surface area contributed by atoms with Gasteiger partial charge in [0.1, 0.15) is 11.1 Å². The number of anilines is 1. The molecular formula is C26H34N4O5. The van der Waals surface area contributed by atoms with Crippen molar-refractivity contribution in [1.29, 1.82) is 0 Å². The third-order valence-electron chi connectivity index (χ3n) is 7.54. The number of ether oxygens (including phenoxy) is 2. The number of nitrogens with one attached hydrogen (secondary N) is 1. The second-order valence-electron chi connectivity index (χ2n) is 9.58. The van der Waals surface area contributed by atoms with Crippen LogP contribution in [0.3, 0.4) is 0 Å². The molecule has 188 valence electrons. The van der Waals surface area contributed by atoms with E-state index in [-0.39, 0.29) is 23.4 Å². The molecule has 9 heteroatoms. The largest absolute Gasteiger partial charge is 0.493 e. The third-order valence-corrected chi connectivity index (χ3v) is 7.54. The molecule has 1 aromatic carbocycles. The van der Waals surface area contributed by atoms with E-state index in [0.29, 0.717) is 47.7 Å². The van der Waals surface area contributed by atoms with E-state index in [1.165, 1.54) is 6.20 Å². The van der Waals surface area contributed by atoms with Crippen LogP contribution in [0.4, 0.5) is 5.69 Å². The first kappa shape index (κ1) is 24.8. The quantitative estimate of drug-likeness (QED) is 0.416. The average molecular weight is 483 g/mol. The van der Waals surface area contributed by atoms with Crippen molar-refractivity contribution < 1.29 is 24.5 Å². The summed E-state index contributed by atoms with van der Waals surface area (Å²) in [6.45, 7) is 6.61. The molecule has 4 rings (SSSR count). The lowest BCUT2D eigenvalue weighted by molar-refractivity contribution is 0.00312. The van der Waals surface area contributed by atoms with Crippen LogP contribution >= 0.6 is 0 Å². The number of fused-ring (bicyclic) bond motifs is 1. The van der Waals surface area contributed by atoms with E-state index in [4.69, 9.17) is 9.47 Å². The number of methoxy groups -OCH3 is 2. The van der Waals surface area contributed by atoms with Crippen LogP contribution in [0.25, 0.3) is 11.2 Å². The molecule has 2 aromatic heterocycles. The topological polar surface area (TPSA) is 119 Å². The Hall–Kier alpha value is -3.33. The summed E-state index contributed by atoms with van der Waals surface area (Å²) in [7, 11) is 3.18. The molecule has 1 aliphatic carbocycles. The van der Waals surface area contributed by atoms with Crippen LogP contribution in [0.5, 0.6) is 11.5 Å². The molecule has 9 nitrogen and oxygen atoms in total. The van der Waals surface area contributed by atoms with E-state index < -0.39 is 11.6 Å². The number of hydrogen-bond donors (Lipinski definition) is 3. The summed E-state index contributed by atoms with van der Waals surface area (Å²) < 4.78 is 12.6. The maximum absolute atomic E-state index is 12.0. The van der Waals surface area contributed by atoms with Gasteiger partial charge in [-0.05, 0) is 55.7 Å². The smallest absolute Gasteiger partial charge is 0.339 e. The van der Waals surface area contributed by atoms with Crippen molar-refractivity contribution in [2.75, 3.05) is 19.5 Å². The monoisotopic (exact) mass is 482 g/mol. The maximum atomic E-state index is 12.0. The summed E-state index contributed by atoms with van der Waals surface area (Å²) in [6.07, 6.45) is 5.32. The van der Waals surface area contributed by atoms with Crippen molar-refractivity contribution in [2.24, 2.45) is 11.8 Å². The fourth-order valence-corrected chi connectivity index (χ4v) is 5.24. The lowest BCUT2D eigenvalue weighted by atomic mass is 9.89. The van der Waals surface area contributed by atoms with Crippen molar-refractivity contribution in [1.82, 2.24) is 14.5 Å². The van der Waals surface area contributed by atoms with Crippen LogP contribution < -0.4 is 14.8 Å². The summed E-state index contributed by atoms with van der Waals surface area (Å²) in [5.74, 6) is 0.623. The number of pyridine rings is 1. The minimum absolute atomic E-state index is 0.0438. The molecule has 1 unspecified atom stereocenters. The first-order valence-corrected chi connectivity index (χ1v) is 12.0. The lowest BCUT2D eigenvalue weighted by Crippen LogP contribution is -2.32. The van der Waals surface area contributed by atoms with Crippen molar-refractivity contribution in [2.45, 2.75) is 58.2 Å². The van der Waals surface area contributed by atoms with E-state index in [1.807, 2.05) is 36.6 Å². The van der Waals surface area contributed by atoms with Gasteiger partial charge in [0.25, 0.3) is 0 Å². The summed E-state index contributed by atoms with van der Waals surface area (Å²) >= 11 is 0. The lowest BCUT2D eigenvalue weighted by Gasteiger charge is -2.27. The number of carboxylic acid groups (broad SMARTS) is 1. The fraction of sp³-hybridized carbons (Fsp3) is 0.500. The standard InChI is InChI=1S/C26H34N4O5/c1-6-26(33)11-18(9-15(26)2)16(3)29-22-19(25(31)32)12-27-24-23(22)28-14-30(24)13-17-7-8-20(34-4)21(10-17)35-5/h7-8,10,12,14-16,18,33H,6,9,11,13H2,1-5H3,(H,27,29)(H,31,32)/t15-,16-,18-,26?/m0/s1. The third kappa shape index (κ3) is 4.65. The predicted molar refractivity (Wildman–Crippen MR) is 133 cm³/mol. The van der Waals surface area contributed by atoms with Gasteiger partial charge in [0.2, 0.25) is 0 Å². The van der Waals surface area contributed by atoms with Crippen LogP contribution in [-0.2, 0) is 6.54 Å². The number of imidazole rings is 1. The van der Waals surface area contributed by atoms with Gasteiger partial charge in [-0.25, -0.2) is 14.8 Å². The minimum Gasteiger partial charge on any atom is -0.493 e. The molecule has 0 radical (unpaired) electrons. The summed E-state index contributed by atoms with van der Waals surface area (Å²) in [4.78, 5) is 21.0. The van der Waals surface area contributed by atoms with Crippen molar-refractivity contribution >= 4 is 22.8 Å². The fourth-order valence-electron chi connectivity index (χ4n) is 5.24. The van der Waals surface area contributed by atoms with Crippen molar-refractivity contribution in [3.8, 4) is 11.5 Å².